The van der Waals surface area contributed by atoms with Crippen molar-refractivity contribution in [3.8, 4) is 0 Å². The normalized spacial score (nSPS) is 27.9. The molecule has 116 valence electrons. The molecule has 3 unspecified atom stereocenters. The Morgan fingerprint density at radius 1 is 1.24 bits per heavy atom. The van der Waals surface area contributed by atoms with E-state index in [0.29, 0.717) is 24.3 Å². The van der Waals surface area contributed by atoms with Crippen LogP contribution >= 0.6 is 12.4 Å². The molecule has 1 saturated carbocycles. The number of benzene rings is 1. The maximum atomic E-state index is 12.4. The summed E-state index contributed by atoms with van der Waals surface area (Å²) in [7, 11) is 0. The van der Waals surface area contributed by atoms with Crippen LogP contribution in [0.4, 0.5) is 0 Å². The Morgan fingerprint density at radius 3 is 2.62 bits per heavy atom. The van der Waals surface area contributed by atoms with Crippen molar-refractivity contribution < 1.29 is 4.79 Å². The summed E-state index contributed by atoms with van der Waals surface area (Å²) in [6, 6.07) is 8.56. The van der Waals surface area contributed by atoms with E-state index in [2.05, 4.69) is 31.2 Å². The highest BCUT2D eigenvalue weighted by Crippen LogP contribution is 2.35. The molecule has 2 N–H and O–H groups in total. The van der Waals surface area contributed by atoms with Gasteiger partial charge in [-0.1, -0.05) is 36.2 Å². The fraction of sp³-hybridized carbons (Fsp3) is 0.588. The van der Waals surface area contributed by atoms with Crippen molar-refractivity contribution in [2.45, 2.75) is 38.6 Å². The molecule has 1 aliphatic heterocycles. The Bertz CT molecular complexity index is 488. The Kier molecular flexibility index (Phi) is 5.28. The van der Waals surface area contributed by atoms with Gasteiger partial charge in [0.05, 0.1) is 6.42 Å². The number of carbonyl (C=O) groups is 1. The summed E-state index contributed by atoms with van der Waals surface area (Å²) in [5.74, 6) is 1.43. The summed E-state index contributed by atoms with van der Waals surface area (Å²) in [4.78, 5) is 14.5. The lowest BCUT2D eigenvalue weighted by atomic mass is 9.78. The first-order chi connectivity index (χ1) is 9.63. The maximum absolute atomic E-state index is 12.4. The molecule has 0 bridgehead atoms. The van der Waals surface area contributed by atoms with E-state index in [1.807, 2.05) is 4.90 Å². The Hall–Kier alpha value is -1.06. The van der Waals surface area contributed by atoms with E-state index < -0.39 is 0 Å². The highest BCUT2D eigenvalue weighted by Gasteiger charge is 2.40. The molecule has 1 aromatic rings. The number of nitrogens with two attached hydrogens (primary N) is 1. The average Bonchev–Trinajstić information content (AvgIpc) is 2.87. The number of aryl methyl sites for hydroxylation is 1. The lowest BCUT2D eigenvalue weighted by Gasteiger charge is -2.29. The highest BCUT2D eigenvalue weighted by atomic mass is 35.5. The number of hydrogen-bond donors (Lipinski definition) is 1. The third kappa shape index (κ3) is 3.58. The predicted octanol–water partition coefficient (Wildman–Crippen LogP) is 2.55. The number of carbonyl (C=O) groups excluding carboxylic acids is 1. The number of amides is 1. The van der Waals surface area contributed by atoms with Crippen molar-refractivity contribution in [1.29, 1.82) is 0 Å². The van der Waals surface area contributed by atoms with Crippen molar-refractivity contribution >= 4 is 18.3 Å². The zero-order chi connectivity index (χ0) is 14.1. The first-order valence-corrected chi connectivity index (χ1v) is 7.72. The van der Waals surface area contributed by atoms with E-state index in [-0.39, 0.29) is 18.3 Å². The second-order valence-corrected chi connectivity index (χ2v) is 6.48. The van der Waals surface area contributed by atoms with Crippen LogP contribution in [0.3, 0.4) is 0 Å². The van der Waals surface area contributed by atoms with Crippen molar-refractivity contribution in [3.63, 3.8) is 0 Å². The van der Waals surface area contributed by atoms with Crippen LogP contribution in [0.2, 0.25) is 0 Å². The van der Waals surface area contributed by atoms with Gasteiger partial charge in [-0.15, -0.1) is 12.4 Å². The second-order valence-electron chi connectivity index (χ2n) is 6.48. The van der Waals surface area contributed by atoms with Crippen LogP contribution < -0.4 is 5.73 Å². The zero-order valence-corrected chi connectivity index (χ0v) is 13.4. The van der Waals surface area contributed by atoms with Crippen LogP contribution in [0.5, 0.6) is 0 Å². The summed E-state index contributed by atoms with van der Waals surface area (Å²) in [6.45, 7) is 3.86. The second kappa shape index (κ2) is 6.80. The van der Waals surface area contributed by atoms with Gasteiger partial charge in [-0.2, -0.15) is 0 Å². The first-order valence-electron chi connectivity index (χ1n) is 7.72. The minimum Gasteiger partial charge on any atom is -0.342 e. The fourth-order valence-electron chi connectivity index (χ4n) is 3.71. The van der Waals surface area contributed by atoms with E-state index in [9.17, 15) is 4.79 Å². The van der Waals surface area contributed by atoms with E-state index in [4.69, 9.17) is 5.73 Å². The molecule has 0 spiro atoms. The molecule has 4 heteroatoms. The van der Waals surface area contributed by atoms with Gasteiger partial charge in [-0.3, -0.25) is 4.79 Å². The van der Waals surface area contributed by atoms with Crippen molar-refractivity contribution in [2.75, 3.05) is 13.1 Å². The molecule has 21 heavy (non-hydrogen) atoms. The molecule has 1 heterocycles. The van der Waals surface area contributed by atoms with Gasteiger partial charge in [0.15, 0.2) is 0 Å². The number of rotatable bonds is 2. The monoisotopic (exact) mass is 308 g/mol. The van der Waals surface area contributed by atoms with Crippen molar-refractivity contribution in [1.82, 2.24) is 4.90 Å². The van der Waals surface area contributed by atoms with Gasteiger partial charge in [-0.25, -0.2) is 0 Å². The van der Waals surface area contributed by atoms with Crippen molar-refractivity contribution in [3.05, 3.63) is 35.4 Å². The molecule has 1 aliphatic carbocycles. The smallest absolute Gasteiger partial charge is 0.227 e. The molecule has 0 aromatic heterocycles. The standard InChI is InChI=1S/C17H24N2O.ClH/c1-12-5-7-13(8-6-12)9-17(20)19-10-14-3-2-4-16(18)15(14)11-19;/h5-8,14-16H,2-4,9-11,18H2,1H3;1H. The van der Waals surface area contributed by atoms with Crippen LogP contribution in [-0.2, 0) is 11.2 Å². The highest BCUT2D eigenvalue weighted by molar-refractivity contribution is 5.85. The van der Waals surface area contributed by atoms with Gasteiger partial charge in [-0.05, 0) is 37.2 Å². The van der Waals surface area contributed by atoms with Gasteiger partial charge >= 0.3 is 0 Å². The van der Waals surface area contributed by atoms with Gasteiger partial charge in [0, 0.05) is 19.1 Å². The van der Waals surface area contributed by atoms with E-state index in [1.54, 1.807) is 0 Å². The van der Waals surface area contributed by atoms with E-state index >= 15 is 0 Å². The topological polar surface area (TPSA) is 46.3 Å². The van der Waals surface area contributed by atoms with E-state index in [0.717, 1.165) is 25.1 Å². The largest absolute Gasteiger partial charge is 0.342 e. The maximum Gasteiger partial charge on any atom is 0.227 e. The molecule has 2 aliphatic rings. The lowest BCUT2D eigenvalue weighted by molar-refractivity contribution is -0.129. The van der Waals surface area contributed by atoms with Gasteiger partial charge in [0.1, 0.15) is 0 Å². The van der Waals surface area contributed by atoms with Crippen LogP contribution in [-0.4, -0.2) is 29.9 Å². The molecule has 2 fully saturated rings. The van der Waals surface area contributed by atoms with Crippen LogP contribution in [0, 0.1) is 18.8 Å². The summed E-state index contributed by atoms with van der Waals surface area (Å²) < 4.78 is 0. The molecule has 0 radical (unpaired) electrons. The summed E-state index contributed by atoms with van der Waals surface area (Å²) in [5.41, 5.74) is 8.56. The molecular formula is C17H25ClN2O. The number of fused-ring (bicyclic) bond motifs is 1. The molecule has 3 rings (SSSR count). The van der Waals surface area contributed by atoms with Gasteiger partial charge in [0.2, 0.25) is 5.91 Å². The molecule has 1 aromatic carbocycles. The van der Waals surface area contributed by atoms with Gasteiger partial charge in [0.25, 0.3) is 0 Å². The summed E-state index contributed by atoms with van der Waals surface area (Å²) >= 11 is 0. The Morgan fingerprint density at radius 2 is 1.95 bits per heavy atom. The van der Waals surface area contributed by atoms with Crippen LogP contribution in [0.25, 0.3) is 0 Å². The first kappa shape index (κ1) is 16.3. The summed E-state index contributed by atoms with van der Waals surface area (Å²) in [6.07, 6.45) is 4.12. The predicted molar refractivity (Wildman–Crippen MR) is 87.5 cm³/mol. The molecule has 3 nitrogen and oxygen atoms in total. The number of hydrogen-bond acceptors (Lipinski definition) is 2. The minimum atomic E-state index is 0. The summed E-state index contributed by atoms with van der Waals surface area (Å²) in [5, 5.41) is 0. The molecule has 1 amide bonds. The van der Waals surface area contributed by atoms with Crippen molar-refractivity contribution in [2.24, 2.45) is 17.6 Å². The number of halogens is 1. The number of nitrogens with zero attached hydrogens (tertiary/aromatic N) is 1. The van der Waals surface area contributed by atoms with E-state index in [1.165, 1.54) is 18.4 Å². The number of likely N-dealkylation sites (tertiary alicyclic amines) is 1. The van der Waals surface area contributed by atoms with Crippen LogP contribution in [0.15, 0.2) is 24.3 Å². The molecule has 1 saturated heterocycles. The Balaban J connectivity index is 0.00000161. The molecule has 3 atom stereocenters. The third-order valence-corrected chi connectivity index (χ3v) is 4.98. The minimum absolute atomic E-state index is 0. The molecular weight excluding hydrogens is 284 g/mol. The Labute approximate surface area is 133 Å². The third-order valence-electron chi connectivity index (χ3n) is 4.98. The average molecular weight is 309 g/mol. The van der Waals surface area contributed by atoms with Crippen LogP contribution in [0.1, 0.15) is 30.4 Å². The zero-order valence-electron chi connectivity index (χ0n) is 12.6. The fourth-order valence-corrected chi connectivity index (χ4v) is 3.71. The lowest BCUT2D eigenvalue weighted by Crippen LogP contribution is -2.38. The SMILES string of the molecule is Cc1ccc(CC(=O)N2CC3CCCC(N)C3C2)cc1.Cl. The van der Waals surface area contributed by atoms with Gasteiger partial charge < -0.3 is 10.6 Å². The quantitative estimate of drug-likeness (QED) is 0.912.